The highest BCUT2D eigenvalue weighted by molar-refractivity contribution is 6.35. The SMILES string of the molecule is Cc1ccc(C(C)NC(=O)C(=O)NCCN)cc1F. The molecule has 4 N–H and O–H groups in total. The second-order valence-electron chi connectivity index (χ2n) is 4.25. The molecule has 5 nitrogen and oxygen atoms in total. The van der Waals surface area contributed by atoms with Crippen LogP contribution in [0.1, 0.15) is 24.1 Å². The van der Waals surface area contributed by atoms with Gasteiger partial charge in [-0.1, -0.05) is 12.1 Å². The fourth-order valence-corrected chi connectivity index (χ4v) is 1.49. The summed E-state index contributed by atoms with van der Waals surface area (Å²) >= 11 is 0. The van der Waals surface area contributed by atoms with Crippen LogP contribution < -0.4 is 16.4 Å². The number of hydrogen-bond acceptors (Lipinski definition) is 3. The molecule has 0 aromatic heterocycles. The highest BCUT2D eigenvalue weighted by Crippen LogP contribution is 2.16. The van der Waals surface area contributed by atoms with E-state index in [4.69, 9.17) is 5.73 Å². The summed E-state index contributed by atoms with van der Waals surface area (Å²) in [5, 5.41) is 4.85. The monoisotopic (exact) mass is 267 g/mol. The zero-order valence-electron chi connectivity index (χ0n) is 11.0. The van der Waals surface area contributed by atoms with E-state index in [-0.39, 0.29) is 18.9 Å². The van der Waals surface area contributed by atoms with Crippen LogP contribution in [0.25, 0.3) is 0 Å². The molecule has 0 bridgehead atoms. The zero-order valence-corrected chi connectivity index (χ0v) is 11.0. The van der Waals surface area contributed by atoms with E-state index in [1.54, 1.807) is 26.0 Å². The summed E-state index contributed by atoms with van der Waals surface area (Å²) in [5.74, 6) is -1.85. The number of carbonyl (C=O) groups is 2. The maximum absolute atomic E-state index is 13.4. The average Bonchev–Trinajstić information content (AvgIpc) is 2.38. The Kier molecular flexibility index (Phi) is 5.44. The minimum absolute atomic E-state index is 0.236. The number of amides is 2. The van der Waals surface area contributed by atoms with Gasteiger partial charge in [0.1, 0.15) is 5.82 Å². The molecule has 0 saturated heterocycles. The molecule has 1 aromatic carbocycles. The molecule has 1 rings (SSSR count). The Bertz CT molecular complexity index is 477. The first kappa shape index (κ1) is 15.1. The molecule has 1 unspecified atom stereocenters. The van der Waals surface area contributed by atoms with Crippen LogP contribution in [0.5, 0.6) is 0 Å². The summed E-state index contributed by atoms with van der Waals surface area (Å²) in [4.78, 5) is 22.9. The molecule has 104 valence electrons. The van der Waals surface area contributed by atoms with Crippen molar-refractivity contribution in [2.75, 3.05) is 13.1 Å². The lowest BCUT2D eigenvalue weighted by Gasteiger charge is -2.14. The van der Waals surface area contributed by atoms with Crippen LogP contribution in [0.4, 0.5) is 4.39 Å². The van der Waals surface area contributed by atoms with Crippen molar-refractivity contribution in [2.45, 2.75) is 19.9 Å². The molecule has 6 heteroatoms. The molecular weight excluding hydrogens is 249 g/mol. The molecule has 1 atom stereocenters. The number of benzene rings is 1. The van der Waals surface area contributed by atoms with Gasteiger partial charge in [0.2, 0.25) is 0 Å². The first-order valence-corrected chi connectivity index (χ1v) is 6.00. The molecule has 0 saturated carbocycles. The van der Waals surface area contributed by atoms with Crippen molar-refractivity contribution in [1.29, 1.82) is 0 Å². The van der Waals surface area contributed by atoms with Crippen molar-refractivity contribution in [3.8, 4) is 0 Å². The zero-order chi connectivity index (χ0) is 14.4. The third kappa shape index (κ3) is 4.33. The van der Waals surface area contributed by atoms with Crippen molar-refractivity contribution in [2.24, 2.45) is 5.73 Å². The maximum atomic E-state index is 13.4. The molecule has 0 fully saturated rings. The Hall–Kier alpha value is -1.95. The minimum atomic E-state index is -0.762. The van der Waals surface area contributed by atoms with E-state index in [9.17, 15) is 14.0 Å². The Balaban J connectivity index is 2.63. The standard InChI is InChI=1S/C13H18FN3O2/c1-8-3-4-10(7-11(8)14)9(2)17-13(19)12(18)16-6-5-15/h3-4,7,9H,5-6,15H2,1-2H3,(H,16,18)(H,17,19). The van der Waals surface area contributed by atoms with E-state index in [1.807, 2.05) is 0 Å². The van der Waals surface area contributed by atoms with Gasteiger partial charge in [-0.15, -0.1) is 0 Å². The lowest BCUT2D eigenvalue weighted by atomic mass is 10.1. The third-order valence-electron chi connectivity index (χ3n) is 2.68. The Morgan fingerprint density at radius 3 is 2.63 bits per heavy atom. The molecular formula is C13H18FN3O2. The van der Waals surface area contributed by atoms with Crippen LogP contribution in [0, 0.1) is 12.7 Å². The summed E-state index contributed by atoms with van der Waals surface area (Å²) in [6, 6.07) is 4.23. The number of hydrogen-bond donors (Lipinski definition) is 3. The van der Waals surface area contributed by atoms with E-state index in [2.05, 4.69) is 10.6 Å². The fraction of sp³-hybridized carbons (Fsp3) is 0.385. The van der Waals surface area contributed by atoms with Gasteiger partial charge in [-0.25, -0.2) is 4.39 Å². The topological polar surface area (TPSA) is 84.2 Å². The van der Waals surface area contributed by atoms with Gasteiger partial charge in [0.15, 0.2) is 0 Å². The third-order valence-corrected chi connectivity index (χ3v) is 2.68. The highest BCUT2D eigenvalue weighted by Gasteiger charge is 2.16. The summed E-state index contributed by atoms with van der Waals surface area (Å²) in [5.41, 5.74) is 6.34. The lowest BCUT2D eigenvalue weighted by Crippen LogP contribution is -2.42. The number of aryl methyl sites for hydroxylation is 1. The van der Waals surface area contributed by atoms with Crippen molar-refractivity contribution in [3.63, 3.8) is 0 Å². The van der Waals surface area contributed by atoms with Crippen LogP contribution in [0.3, 0.4) is 0 Å². The van der Waals surface area contributed by atoms with Crippen LogP contribution >= 0.6 is 0 Å². The highest BCUT2D eigenvalue weighted by atomic mass is 19.1. The van der Waals surface area contributed by atoms with Crippen LogP contribution in [-0.2, 0) is 9.59 Å². The fourth-order valence-electron chi connectivity index (χ4n) is 1.49. The van der Waals surface area contributed by atoms with Crippen molar-refractivity contribution >= 4 is 11.8 Å². The van der Waals surface area contributed by atoms with Crippen molar-refractivity contribution < 1.29 is 14.0 Å². The first-order chi connectivity index (χ1) is 8.95. The first-order valence-electron chi connectivity index (χ1n) is 6.00. The lowest BCUT2D eigenvalue weighted by molar-refractivity contribution is -0.139. The van der Waals surface area contributed by atoms with Gasteiger partial charge in [-0.05, 0) is 31.0 Å². The number of nitrogens with two attached hydrogens (primary N) is 1. The minimum Gasteiger partial charge on any atom is -0.347 e. The van der Waals surface area contributed by atoms with Gasteiger partial charge >= 0.3 is 11.8 Å². The normalized spacial score (nSPS) is 11.8. The van der Waals surface area contributed by atoms with Gasteiger partial charge in [0, 0.05) is 13.1 Å². The summed E-state index contributed by atoms with van der Waals surface area (Å²) in [6.07, 6.45) is 0. The van der Waals surface area contributed by atoms with Gasteiger partial charge in [0.25, 0.3) is 0 Å². The van der Waals surface area contributed by atoms with Crippen LogP contribution in [0.2, 0.25) is 0 Å². The molecule has 1 aromatic rings. The van der Waals surface area contributed by atoms with E-state index in [0.29, 0.717) is 11.1 Å². The number of halogens is 1. The maximum Gasteiger partial charge on any atom is 0.309 e. The van der Waals surface area contributed by atoms with E-state index in [0.717, 1.165) is 0 Å². The molecule has 19 heavy (non-hydrogen) atoms. The second kappa shape index (κ2) is 6.84. The summed E-state index contributed by atoms with van der Waals surface area (Å²) in [7, 11) is 0. The number of carbonyl (C=O) groups excluding carboxylic acids is 2. The van der Waals surface area contributed by atoms with Gasteiger partial charge in [0.05, 0.1) is 6.04 Å². The van der Waals surface area contributed by atoms with Crippen molar-refractivity contribution in [3.05, 3.63) is 35.1 Å². The molecule has 2 amide bonds. The van der Waals surface area contributed by atoms with E-state index < -0.39 is 17.9 Å². The van der Waals surface area contributed by atoms with E-state index in [1.165, 1.54) is 6.07 Å². The predicted octanol–water partition coefficient (Wildman–Crippen LogP) is 0.386. The average molecular weight is 267 g/mol. The smallest absolute Gasteiger partial charge is 0.309 e. The molecule has 0 spiro atoms. The molecule has 0 aliphatic heterocycles. The molecule has 0 radical (unpaired) electrons. The van der Waals surface area contributed by atoms with E-state index >= 15 is 0 Å². The number of rotatable bonds is 4. The quantitative estimate of drug-likeness (QED) is 0.690. The predicted molar refractivity (Wildman–Crippen MR) is 69.8 cm³/mol. The Morgan fingerprint density at radius 2 is 2.05 bits per heavy atom. The number of nitrogens with one attached hydrogen (secondary N) is 2. The summed E-state index contributed by atoms with van der Waals surface area (Å²) in [6.45, 7) is 3.83. The van der Waals surface area contributed by atoms with Gasteiger partial charge in [-0.2, -0.15) is 0 Å². The Labute approximate surface area is 111 Å². The summed E-state index contributed by atoms with van der Waals surface area (Å²) < 4.78 is 13.4. The van der Waals surface area contributed by atoms with Gasteiger partial charge < -0.3 is 16.4 Å². The molecule has 0 aliphatic rings. The van der Waals surface area contributed by atoms with Crippen LogP contribution in [0.15, 0.2) is 18.2 Å². The molecule has 0 aliphatic carbocycles. The second-order valence-corrected chi connectivity index (χ2v) is 4.25. The van der Waals surface area contributed by atoms with Gasteiger partial charge in [-0.3, -0.25) is 9.59 Å². The largest absolute Gasteiger partial charge is 0.347 e. The van der Waals surface area contributed by atoms with Crippen LogP contribution in [-0.4, -0.2) is 24.9 Å². The molecule has 0 heterocycles. The van der Waals surface area contributed by atoms with Crippen molar-refractivity contribution in [1.82, 2.24) is 10.6 Å². The Morgan fingerprint density at radius 1 is 1.37 bits per heavy atom.